The van der Waals surface area contributed by atoms with Crippen LogP contribution in [0, 0.1) is 5.92 Å². The molecule has 0 bridgehead atoms. The number of nitrogens with zero attached hydrogens (tertiary/aromatic N) is 1. The van der Waals surface area contributed by atoms with E-state index in [4.69, 9.17) is 4.74 Å². The van der Waals surface area contributed by atoms with E-state index >= 15 is 0 Å². The Bertz CT molecular complexity index is 747. The van der Waals surface area contributed by atoms with Gasteiger partial charge in [-0.3, -0.25) is 4.79 Å². The summed E-state index contributed by atoms with van der Waals surface area (Å²) in [5, 5.41) is 0. The third-order valence-corrected chi connectivity index (χ3v) is 4.95. The van der Waals surface area contributed by atoms with Gasteiger partial charge in [0.25, 0.3) is 0 Å². The van der Waals surface area contributed by atoms with Crippen LogP contribution >= 0.6 is 0 Å². The summed E-state index contributed by atoms with van der Waals surface area (Å²) in [6.45, 7) is 10.2. The van der Waals surface area contributed by atoms with Crippen molar-refractivity contribution < 1.29 is 9.53 Å². The van der Waals surface area contributed by atoms with E-state index in [1.807, 2.05) is 38.4 Å². The molecule has 0 aliphatic heterocycles. The van der Waals surface area contributed by atoms with Crippen LogP contribution in [0.1, 0.15) is 67.4 Å². The first-order valence-corrected chi connectivity index (χ1v) is 10.3. The molecule has 0 radical (unpaired) electrons. The average Bonchev–Trinajstić information content (AvgIpc) is 2.66. The van der Waals surface area contributed by atoms with Crippen LogP contribution in [0.15, 0.2) is 48.5 Å². The number of hydrogen-bond donors (Lipinski definition) is 0. The molecule has 0 aliphatic rings. The van der Waals surface area contributed by atoms with Crippen molar-refractivity contribution in [3.8, 4) is 5.75 Å². The van der Waals surface area contributed by atoms with E-state index in [9.17, 15) is 4.79 Å². The van der Waals surface area contributed by atoms with Crippen LogP contribution in [0.4, 0.5) is 0 Å². The third-order valence-electron chi connectivity index (χ3n) is 4.95. The fourth-order valence-corrected chi connectivity index (χ4v) is 3.26. The van der Waals surface area contributed by atoms with Crippen molar-refractivity contribution in [3.05, 3.63) is 65.2 Å². The number of hydrogen-bond acceptors (Lipinski definition) is 3. The lowest BCUT2D eigenvalue weighted by molar-refractivity contribution is 0.0948. The Morgan fingerprint density at radius 2 is 1.61 bits per heavy atom. The Labute approximate surface area is 170 Å². The van der Waals surface area contributed by atoms with E-state index in [2.05, 4.69) is 56.9 Å². The lowest BCUT2D eigenvalue weighted by atomic mass is 9.83. The van der Waals surface area contributed by atoms with Gasteiger partial charge in [0.2, 0.25) is 0 Å². The largest absolute Gasteiger partial charge is 0.492 e. The van der Waals surface area contributed by atoms with Crippen LogP contribution in [0.5, 0.6) is 5.75 Å². The predicted octanol–water partition coefficient (Wildman–Crippen LogP) is 5.76. The molecule has 0 amide bonds. The Balaban J connectivity index is 2.20. The van der Waals surface area contributed by atoms with Crippen molar-refractivity contribution >= 4 is 5.78 Å². The van der Waals surface area contributed by atoms with Gasteiger partial charge in [0.1, 0.15) is 12.4 Å². The molecule has 152 valence electrons. The fourth-order valence-electron chi connectivity index (χ4n) is 3.26. The molecule has 2 aromatic rings. The lowest BCUT2D eigenvalue weighted by Crippen LogP contribution is -2.19. The summed E-state index contributed by atoms with van der Waals surface area (Å²) in [5.41, 5.74) is 3.15. The molecule has 0 saturated heterocycles. The second-order valence-corrected chi connectivity index (χ2v) is 8.55. The van der Waals surface area contributed by atoms with Gasteiger partial charge in [0, 0.05) is 18.0 Å². The van der Waals surface area contributed by atoms with Gasteiger partial charge in [0.15, 0.2) is 5.78 Å². The highest BCUT2D eigenvalue weighted by atomic mass is 16.5. The Morgan fingerprint density at radius 1 is 0.964 bits per heavy atom. The minimum Gasteiger partial charge on any atom is -0.492 e. The maximum absolute atomic E-state index is 13.3. The van der Waals surface area contributed by atoms with Gasteiger partial charge in [-0.15, -0.1) is 0 Å². The van der Waals surface area contributed by atoms with Crippen molar-refractivity contribution in [2.24, 2.45) is 5.92 Å². The number of rotatable bonds is 10. The number of ketones is 1. The number of ether oxygens (including phenoxy) is 1. The quantitative estimate of drug-likeness (QED) is 0.490. The van der Waals surface area contributed by atoms with Crippen molar-refractivity contribution in [2.75, 3.05) is 27.2 Å². The molecular weight excluding hydrogens is 346 g/mol. The Morgan fingerprint density at radius 3 is 2.18 bits per heavy atom. The molecule has 0 heterocycles. The first kappa shape index (κ1) is 22.2. The highest BCUT2D eigenvalue weighted by Gasteiger charge is 2.23. The van der Waals surface area contributed by atoms with Gasteiger partial charge < -0.3 is 9.64 Å². The normalized spacial score (nSPS) is 12.6. The predicted molar refractivity (Wildman–Crippen MR) is 118 cm³/mol. The second kappa shape index (κ2) is 10.4. The SMILES string of the molecule is CC(C)CC(C(=O)c1ccc(OCCN(C)C)cc1)c1cccc(C(C)C)c1. The summed E-state index contributed by atoms with van der Waals surface area (Å²) >= 11 is 0. The van der Waals surface area contributed by atoms with Gasteiger partial charge in [-0.1, -0.05) is 52.0 Å². The monoisotopic (exact) mass is 381 g/mol. The van der Waals surface area contributed by atoms with Gasteiger partial charge in [-0.25, -0.2) is 0 Å². The number of Topliss-reactive ketones (excluding diaryl/α,β-unsaturated/α-hetero) is 1. The molecule has 28 heavy (non-hydrogen) atoms. The van der Waals surface area contributed by atoms with Gasteiger partial charge in [0.05, 0.1) is 0 Å². The van der Waals surface area contributed by atoms with E-state index in [1.165, 1.54) is 5.56 Å². The zero-order valence-corrected chi connectivity index (χ0v) is 18.2. The fraction of sp³-hybridized carbons (Fsp3) is 0.480. The molecule has 0 saturated carbocycles. The number of benzene rings is 2. The molecule has 0 fully saturated rings. The molecule has 1 unspecified atom stereocenters. The van der Waals surface area contributed by atoms with Crippen LogP contribution in [-0.2, 0) is 0 Å². The van der Waals surface area contributed by atoms with Gasteiger partial charge >= 0.3 is 0 Å². The number of carbonyl (C=O) groups is 1. The third kappa shape index (κ3) is 6.49. The summed E-state index contributed by atoms with van der Waals surface area (Å²) < 4.78 is 5.75. The summed E-state index contributed by atoms with van der Waals surface area (Å²) in [7, 11) is 4.04. The van der Waals surface area contributed by atoms with E-state index in [0.717, 1.165) is 29.8 Å². The summed E-state index contributed by atoms with van der Waals surface area (Å²) in [4.78, 5) is 15.4. The second-order valence-electron chi connectivity index (χ2n) is 8.55. The maximum Gasteiger partial charge on any atom is 0.170 e. The molecule has 0 spiro atoms. The molecule has 0 N–H and O–H groups in total. The maximum atomic E-state index is 13.3. The molecule has 2 aromatic carbocycles. The molecule has 3 nitrogen and oxygen atoms in total. The van der Waals surface area contributed by atoms with Crippen molar-refractivity contribution in [1.29, 1.82) is 0 Å². The van der Waals surface area contributed by atoms with Crippen LogP contribution in [0.3, 0.4) is 0 Å². The molecule has 1 atom stereocenters. The van der Waals surface area contributed by atoms with E-state index in [0.29, 0.717) is 18.4 Å². The summed E-state index contributed by atoms with van der Waals surface area (Å²) in [5.74, 6) is 1.79. The van der Waals surface area contributed by atoms with Crippen molar-refractivity contribution in [2.45, 2.75) is 46.0 Å². The number of likely N-dealkylation sites (N-methyl/N-ethyl adjacent to an activating group) is 1. The molecule has 0 aromatic heterocycles. The molecular formula is C25H35NO2. The zero-order chi connectivity index (χ0) is 20.7. The van der Waals surface area contributed by atoms with Crippen molar-refractivity contribution in [1.82, 2.24) is 4.90 Å². The Kier molecular flexibility index (Phi) is 8.25. The van der Waals surface area contributed by atoms with Gasteiger partial charge in [-0.05, 0) is 67.7 Å². The van der Waals surface area contributed by atoms with E-state index in [-0.39, 0.29) is 11.7 Å². The minimum atomic E-state index is -0.112. The highest BCUT2D eigenvalue weighted by Crippen LogP contribution is 2.30. The molecule has 2 rings (SSSR count). The smallest absolute Gasteiger partial charge is 0.170 e. The Hall–Kier alpha value is -2.13. The van der Waals surface area contributed by atoms with Crippen LogP contribution in [-0.4, -0.2) is 37.9 Å². The van der Waals surface area contributed by atoms with E-state index in [1.54, 1.807) is 0 Å². The van der Waals surface area contributed by atoms with Crippen LogP contribution < -0.4 is 4.74 Å². The molecule has 3 heteroatoms. The first-order valence-electron chi connectivity index (χ1n) is 10.3. The summed E-state index contributed by atoms with van der Waals surface area (Å²) in [6.07, 6.45) is 0.849. The minimum absolute atomic E-state index is 0.112. The zero-order valence-electron chi connectivity index (χ0n) is 18.2. The standard InChI is InChI=1S/C25H35NO2/c1-18(2)16-24(22-9-7-8-21(17-22)19(3)4)25(27)20-10-12-23(13-11-20)28-15-14-26(5)6/h7-13,17-19,24H,14-16H2,1-6H3. The lowest BCUT2D eigenvalue weighted by Gasteiger charge is -2.20. The van der Waals surface area contributed by atoms with E-state index < -0.39 is 0 Å². The summed E-state index contributed by atoms with van der Waals surface area (Å²) in [6, 6.07) is 16.1. The van der Waals surface area contributed by atoms with Crippen LogP contribution in [0.2, 0.25) is 0 Å². The highest BCUT2D eigenvalue weighted by molar-refractivity contribution is 6.01. The van der Waals surface area contributed by atoms with Gasteiger partial charge in [-0.2, -0.15) is 0 Å². The average molecular weight is 382 g/mol. The van der Waals surface area contributed by atoms with Crippen LogP contribution in [0.25, 0.3) is 0 Å². The first-order chi connectivity index (χ1) is 13.3. The van der Waals surface area contributed by atoms with Crippen molar-refractivity contribution in [3.63, 3.8) is 0 Å². The molecule has 0 aliphatic carbocycles. The topological polar surface area (TPSA) is 29.5 Å². The number of carbonyl (C=O) groups excluding carboxylic acids is 1.